The Bertz CT molecular complexity index is 155. The summed E-state index contributed by atoms with van der Waals surface area (Å²) in [6.45, 7) is 4.48. The average Bonchev–Trinajstić information content (AvgIpc) is 2.22. The van der Waals surface area contributed by atoms with Gasteiger partial charge in [-0.25, -0.2) is 0 Å². The van der Waals surface area contributed by atoms with E-state index in [1.165, 1.54) is 38.5 Å². The van der Waals surface area contributed by atoms with Gasteiger partial charge in [-0.15, -0.1) is 0 Å². The van der Waals surface area contributed by atoms with E-state index < -0.39 is 0 Å². The summed E-state index contributed by atoms with van der Waals surface area (Å²) < 4.78 is 0. The molecule has 0 aromatic rings. The lowest BCUT2D eigenvalue weighted by Crippen LogP contribution is -2.47. The Morgan fingerprint density at radius 1 is 1.13 bits per heavy atom. The van der Waals surface area contributed by atoms with Crippen LogP contribution in [0.1, 0.15) is 65.2 Å². The first kappa shape index (κ1) is 13.0. The molecule has 2 nitrogen and oxygen atoms in total. The number of hydrogen-bond donors (Lipinski definition) is 2. The van der Waals surface area contributed by atoms with Gasteiger partial charge in [0.15, 0.2) is 0 Å². The van der Waals surface area contributed by atoms with Crippen molar-refractivity contribution in [2.24, 2.45) is 0 Å². The van der Waals surface area contributed by atoms with E-state index in [9.17, 15) is 5.11 Å². The third kappa shape index (κ3) is 4.52. The first-order valence-corrected chi connectivity index (χ1v) is 6.72. The molecule has 1 aliphatic rings. The van der Waals surface area contributed by atoms with Crippen molar-refractivity contribution in [3.05, 3.63) is 0 Å². The predicted octanol–water partition coefficient (Wildman–Crippen LogP) is 2.85. The van der Waals surface area contributed by atoms with Gasteiger partial charge < -0.3 is 10.4 Å². The number of nitrogens with one attached hydrogen (secondary N) is 1. The molecule has 0 aromatic heterocycles. The smallest absolute Gasteiger partial charge is 0.0693 e. The quantitative estimate of drug-likeness (QED) is 0.711. The summed E-state index contributed by atoms with van der Waals surface area (Å²) in [5.74, 6) is 0. The van der Waals surface area contributed by atoms with E-state index in [-0.39, 0.29) is 6.10 Å². The van der Waals surface area contributed by atoms with Gasteiger partial charge in [0.1, 0.15) is 0 Å². The molecule has 0 spiro atoms. The minimum absolute atomic E-state index is 0.102. The zero-order valence-corrected chi connectivity index (χ0v) is 10.3. The summed E-state index contributed by atoms with van der Waals surface area (Å²) >= 11 is 0. The fourth-order valence-corrected chi connectivity index (χ4v) is 2.62. The second-order valence-electron chi connectivity index (χ2n) is 4.90. The first-order chi connectivity index (χ1) is 7.27. The minimum Gasteiger partial charge on any atom is -0.392 e. The van der Waals surface area contributed by atoms with Gasteiger partial charge in [-0.05, 0) is 25.7 Å². The molecule has 0 amide bonds. The molecule has 1 fully saturated rings. The van der Waals surface area contributed by atoms with Crippen LogP contribution in [0.4, 0.5) is 0 Å². The van der Waals surface area contributed by atoms with Crippen LogP contribution in [0.5, 0.6) is 0 Å². The second-order valence-corrected chi connectivity index (χ2v) is 4.90. The van der Waals surface area contributed by atoms with Crippen LogP contribution in [-0.4, -0.2) is 23.3 Å². The normalized spacial score (nSPS) is 27.2. The van der Waals surface area contributed by atoms with Crippen LogP contribution in [0.25, 0.3) is 0 Å². The van der Waals surface area contributed by atoms with Crippen molar-refractivity contribution in [2.45, 2.75) is 83.4 Å². The molecule has 2 N–H and O–H groups in total. The summed E-state index contributed by atoms with van der Waals surface area (Å²) in [7, 11) is 0. The third-order valence-electron chi connectivity index (χ3n) is 3.45. The minimum atomic E-state index is -0.102. The summed E-state index contributed by atoms with van der Waals surface area (Å²) in [5, 5.41) is 13.5. The van der Waals surface area contributed by atoms with Crippen LogP contribution >= 0.6 is 0 Å². The Morgan fingerprint density at radius 3 is 2.27 bits per heavy atom. The molecular weight excluding hydrogens is 186 g/mol. The van der Waals surface area contributed by atoms with Gasteiger partial charge in [-0.3, -0.25) is 0 Å². The first-order valence-electron chi connectivity index (χ1n) is 6.72. The average molecular weight is 213 g/mol. The molecule has 1 aliphatic carbocycles. The van der Waals surface area contributed by atoms with E-state index in [4.69, 9.17) is 0 Å². The molecule has 1 rings (SSSR count). The summed E-state index contributed by atoms with van der Waals surface area (Å²) in [6, 6.07) is 0.986. The van der Waals surface area contributed by atoms with E-state index in [0.717, 1.165) is 12.8 Å². The Hall–Kier alpha value is -0.0800. The molecule has 0 aliphatic heterocycles. The molecule has 15 heavy (non-hydrogen) atoms. The van der Waals surface area contributed by atoms with Crippen LogP contribution in [0.2, 0.25) is 0 Å². The van der Waals surface area contributed by atoms with Gasteiger partial charge in [0, 0.05) is 12.1 Å². The van der Waals surface area contributed by atoms with E-state index in [1.807, 2.05) is 0 Å². The largest absolute Gasteiger partial charge is 0.392 e. The van der Waals surface area contributed by atoms with Crippen LogP contribution in [0, 0.1) is 0 Å². The zero-order chi connectivity index (χ0) is 11.1. The van der Waals surface area contributed by atoms with Crippen LogP contribution in [0.3, 0.4) is 0 Å². The SMILES string of the molecule is CCCC(CCC)N[C@@H]1CCCC[C@H]1O. The maximum atomic E-state index is 9.89. The van der Waals surface area contributed by atoms with Crippen LogP contribution in [0.15, 0.2) is 0 Å². The molecule has 0 unspecified atom stereocenters. The number of aliphatic hydroxyl groups is 1. The maximum Gasteiger partial charge on any atom is 0.0693 e. The highest BCUT2D eigenvalue weighted by Crippen LogP contribution is 2.20. The Kier molecular flexibility index (Phi) is 6.26. The molecule has 0 radical (unpaired) electrons. The van der Waals surface area contributed by atoms with Crippen molar-refractivity contribution in [1.82, 2.24) is 5.32 Å². The number of rotatable bonds is 6. The van der Waals surface area contributed by atoms with Crippen molar-refractivity contribution in [2.75, 3.05) is 0 Å². The zero-order valence-electron chi connectivity index (χ0n) is 10.3. The van der Waals surface area contributed by atoms with Crippen LogP contribution < -0.4 is 5.32 Å². The molecule has 1 saturated carbocycles. The summed E-state index contributed by atoms with van der Waals surface area (Å²) in [5.41, 5.74) is 0. The van der Waals surface area contributed by atoms with Gasteiger partial charge in [0.2, 0.25) is 0 Å². The lowest BCUT2D eigenvalue weighted by atomic mass is 9.91. The Morgan fingerprint density at radius 2 is 1.73 bits per heavy atom. The monoisotopic (exact) mass is 213 g/mol. The second kappa shape index (κ2) is 7.24. The van der Waals surface area contributed by atoms with Gasteiger partial charge in [0.05, 0.1) is 6.10 Å². The molecule has 2 atom stereocenters. The molecule has 0 bridgehead atoms. The molecule has 0 saturated heterocycles. The Labute approximate surface area is 94.5 Å². The van der Waals surface area contributed by atoms with Gasteiger partial charge in [0.25, 0.3) is 0 Å². The van der Waals surface area contributed by atoms with Crippen molar-refractivity contribution in [1.29, 1.82) is 0 Å². The highest BCUT2D eigenvalue weighted by Gasteiger charge is 2.24. The molecule has 0 aromatic carbocycles. The molecule has 0 heterocycles. The Balaban J connectivity index is 2.33. The van der Waals surface area contributed by atoms with E-state index in [1.54, 1.807) is 0 Å². The number of aliphatic hydroxyl groups excluding tert-OH is 1. The van der Waals surface area contributed by atoms with Crippen molar-refractivity contribution in [3.8, 4) is 0 Å². The molecule has 90 valence electrons. The summed E-state index contributed by atoms with van der Waals surface area (Å²) in [6.07, 6.45) is 9.49. The van der Waals surface area contributed by atoms with Gasteiger partial charge >= 0.3 is 0 Å². The number of hydrogen-bond acceptors (Lipinski definition) is 2. The summed E-state index contributed by atoms with van der Waals surface area (Å²) in [4.78, 5) is 0. The van der Waals surface area contributed by atoms with Crippen molar-refractivity contribution >= 4 is 0 Å². The lowest BCUT2D eigenvalue weighted by Gasteiger charge is -2.32. The van der Waals surface area contributed by atoms with Gasteiger partial charge in [-0.2, -0.15) is 0 Å². The topological polar surface area (TPSA) is 32.3 Å². The lowest BCUT2D eigenvalue weighted by molar-refractivity contribution is 0.0832. The fourth-order valence-electron chi connectivity index (χ4n) is 2.62. The highest BCUT2D eigenvalue weighted by molar-refractivity contribution is 4.83. The van der Waals surface area contributed by atoms with E-state index in [2.05, 4.69) is 19.2 Å². The standard InChI is InChI=1S/C13H27NO/c1-3-7-11(8-4-2)14-12-9-5-6-10-13(12)15/h11-15H,3-10H2,1-2H3/t12-,13-/m1/s1. The highest BCUT2D eigenvalue weighted by atomic mass is 16.3. The van der Waals surface area contributed by atoms with Crippen molar-refractivity contribution < 1.29 is 5.11 Å². The van der Waals surface area contributed by atoms with Crippen LogP contribution in [-0.2, 0) is 0 Å². The predicted molar refractivity (Wildman–Crippen MR) is 65.0 cm³/mol. The maximum absolute atomic E-state index is 9.89. The third-order valence-corrected chi connectivity index (χ3v) is 3.45. The molecule has 2 heteroatoms. The van der Waals surface area contributed by atoms with E-state index >= 15 is 0 Å². The van der Waals surface area contributed by atoms with Gasteiger partial charge in [-0.1, -0.05) is 39.5 Å². The van der Waals surface area contributed by atoms with E-state index in [0.29, 0.717) is 12.1 Å². The molecular formula is C13H27NO. The fraction of sp³-hybridized carbons (Fsp3) is 1.00. The van der Waals surface area contributed by atoms with Crippen molar-refractivity contribution in [3.63, 3.8) is 0 Å².